The van der Waals surface area contributed by atoms with Gasteiger partial charge in [-0.2, -0.15) is 0 Å². The minimum absolute atomic E-state index is 0. The molecule has 0 aromatic heterocycles. The maximum Gasteiger partial charge on any atom is 0.159 e. The highest BCUT2D eigenvalue weighted by Gasteiger charge is 2.15. The molecule has 4 aromatic rings. The van der Waals surface area contributed by atoms with Crippen LogP contribution in [0.2, 0.25) is 0 Å². The van der Waals surface area contributed by atoms with E-state index < -0.39 is 0 Å². The normalized spacial score (nSPS) is 10.9. The molecule has 0 aliphatic rings. The van der Waals surface area contributed by atoms with Gasteiger partial charge in [0.15, 0.2) is 12.5 Å². The number of aryl methyl sites for hydroxylation is 1. The number of anilines is 1. The molecule has 0 amide bonds. The number of ether oxygens (including phenoxy) is 1. The topological polar surface area (TPSA) is 66.2 Å². The highest BCUT2D eigenvalue weighted by atomic mass is 32.1. The summed E-state index contributed by atoms with van der Waals surface area (Å²) in [6, 6.07) is 20.7. The Labute approximate surface area is 210 Å². The lowest BCUT2D eigenvalue weighted by molar-refractivity contribution is 0.347. The average molecular weight is 496 g/mol. The van der Waals surface area contributed by atoms with Crippen LogP contribution in [0, 0.1) is 6.92 Å². The van der Waals surface area contributed by atoms with Gasteiger partial charge in [-0.15, -0.1) is 48.1 Å². The molecule has 0 fully saturated rings. The van der Waals surface area contributed by atoms with Gasteiger partial charge in [-0.05, 0) is 60.3 Å². The van der Waals surface area contributed by atoms with Crippen LogP contribution in [0.3, 0.4) is 0 Å². The van der Waals surface area contributed by atoms with Crippen molar-refractivity contribution >= 4 is 65.7 Å². The molecule has 0 bridgehead atoms. The van der Waals surface area contributed by atoms with Crippen LogP contribution in [0.1, 0.15) is 13.0 Å². The van der Waals surface area contributed by atoms with Crippen molar-refractivity contribution in [2.75, 3.05) is 12.0 Å². The quantitative estimate of drug-likeness (QED) is 0.106. The number of para-hydroxylation sites is 1. The predicted molar refractivity (Wildman–Crippen MR) is 145 cm³/mol. The minimum atomic E-state index is -0.0281. The molecule has 0 unspecified atom stereocenters. The van der Waals surface area contributed by atoms with E-state index >= 15 is 0 Å². The zero-order chi connectivity index (χ0) is 22.7. The number of phenols is 1. The van der Waals surface area contributed by atoms with E-state index in [-0.39, 0.29) is 25.6 Å². The summed E-state index contributed by atoms with van der Waals surface area (Å²) in [5.74, 6) is 0.711. The molecule has 0 atom stereocenters. The standard InChI is InChI=1S/C24H21N3O2S3.CH4/c1-14-7-8-18(20(31)9-14)26-27-23-21(32)11-15-10-17(30)12-19(22(15)24(23)28)25-13-29-16-5-3-2-4-6-16;/h2-12,25,28,30-32H,13H2,1H3;1H4. The third-order valence-electron chi connectivity index (χ3n) is 4.78. The molecule has 0 saturated heterocycles. The minimum Gasteiger partial charge on any atom is -0.505 e. The second kappa shape index (κ2) is 10.9. The van der Waals surface area contributed by atoms with Crippen molar-refractivity contribution in [3.8, 4) is 11.5 Å². The number of hydrogen-bond acceptors (Lipinski definition) is 8. The Kier molecular flexibility index (Phi) is 8.18. The third-order valence-corrected chi connectivity index (χ3v) is 5.74. The Balaban J connectivity index is 0.00000306. The third kappa shape index (κ3) is 5.76. The van der Waals surface area contributed by atoms with Crippen LogP contribution in [0.25, 0.3) is 10.8 Å². The lowest BCUT2D eigenvalue weighted by Crippen LogP contribution is -2.09. The average Bonchev–Trinajstić information content (AvgIpc) is 2.75. The highest BCUT2D eigenvalue weighted by Crippen LogP contribution is 2.45. The van der Waals surface area contributed by atoms with Gasteiger partial charge in [0.25, 0.3) is 0 Å². The highest BCUT2D eigenvalue weighted by molar-refractivity contribution is 7.80. The number of nitrogens with one attached hydrogen (secondary N) is 1. The number of azo groups is 1. The van der Waals surface area contributed by atoms with E-state index in [0.29, 0.717) is 26.6 Å². The first-order chi connectivity index (χ1) is 15.4. The maximum absolute atomic E-state index is 11.1. The van der Waals surface area contributed by atoms with Crippen LogP contribution < -0.4 is 10.1 Å². The molecule has 0 aliphatic heterocycles. The van der Waals surface area contributed by atoms with Gasteiger partial charge in [0.2, 0.25) is 0 Å². The second-order valence-corrected chi connectivity index (χ2v) is 8.64. The van der Waals surface area contributed by atoms with Crippen LogP contribution in [-0.4, -0.2) is 11.8 Å². The van der Waals surface area contributed by atoms with E-state index in [1.807, 2.05) is 73.7 Å². The Morgan fingerprint density at radius 2 is 1.67 bits per heavy atom. The second-order valence-electron chi connectivity index (χ2n) is 7.16. The zero-order valence-electron chi connectivity index (χ0n) is 17.1. The number of phenolic OH excluding ortho intramolecular Hbond substituents is 1. The molecule has 4 aromatic carbocycles. The van der Waals surface area contributed by atoms with Crippen LogP contribution in [0.4, 0.5) is 17.1 Å². The summed E-state index contributed by atoms with van der Waals surface area (Å²) in [7, 11) is 0. The molecule has 4 rings (SSSR count). The summed E-state index contributed by atoms with van der Waals surface area (Å²) in [6.07, 6.45) is 0. The van der Waals surface area contributed by atoms with Crippen molar-refractivity contribution in [1.29, 1.82) is 0 Å². The summed E-state index contributed by atoms with van der Waals surface area (Å²) in [5.41, 5.74) is 2.61. The van der Waals surface area contributed by atoms with E-state index in [1.54, 1.807) is 0 Å². The molecule has 5 nitrogen and oxygen atoms in total. The Bertz CT molecular complexity index is 1310. The summed E-state index contributed by atoms with van der Waals surface area (Å²) < 4.78 is 5.74. The molecule has 0 heterocycles. The summed E-state index contributed by atoms with van der Waals surface area (Å²) in [6.45, 7) is 2.19. The van der Waals surface area contributed by atoms with Crippen molar-refractivity contribution in [3.05, 3.63) is 72.3 Å². The van der Waals surface area contributed by atoms with E-state index in [2.05, 4.69) is 53.4 Å². The summed E-state index contributed by atoms with van der Waals surface area (Å²) in [4.78, 5) is 1.94. The molecule has 0 saturated carbocycles. The van der Waals surface area contributed by atoms with Gasteiger partial charge >= 0.3 is 0 Å². The smallest absolute Gasteiger partial charge is 0.159 e. The molecule has 2 N–H and O–H groups in total. The van der Waals surface area contributed by atoms with Crippen molar-refractivity contribution in [3.63, 3.8) is 0 Å². The molecule has 8 heteroatoms. The molecule has 33 heavy (non-hydrogen) atoms. The van der Waals surface area contributed by atoms with Crippen LogP contribution >= 0.6 is 37.9 Å². The summed E-state index contributed by atoms with van der Waals surface area (Å²) >= 11 is 13.5. The molecular formula is C25H25N3O2S3. The van der Waals surface area contributed by atoms with Crippen molar-refractivity contribution in [2.24, 2.45) is 10.2 Å². The fourth-order valence-corrected chi connectivity index (χ4v) is 4.14. The predicted octanol–water partition coefficient (Wildman–Crippen LogP) is 8.22. The van der Waals surface area contributed by atoms with Crippen LogP contribution in [-0.2, 0) is 0 Å². The van der Waals surface area contributed by atoms with Crippen LogP contribution in [0.15, 0.2) is 91.6 Å². The van der Waals surface area contributed by atoms with Gasteiger partial charge in [0.05, 0.1) is 5.69 Å². The number of aromatic hydroxyl groups is 1. The van der Waals surface area contributed by atoms with E-state index in [4.69, 9.17) is 4.74 Å². The Hall–Kier alpha value is -2.81. The lowest BCUT2D eigenvalue weighted by atomic mass is 10.1. The first kappa shape index (κ1) is 24.8. The van der Waals surface area contributed by atoms with Crippen LogP contribution in [0.5, 0.6) is 11.5 Å². The molecular weight excluding hydrogens is 470 g/mol. The van der Waals surface area contributed by atoms with Crippen molar-refractivity contribution in [1.82, 2.24) is 0 Å². The lowest BCUT2D eigenvalue weighted by Gasteiger charge is -2.15. The number of fused-ring (bicyclic) bond motifs is 1. The van der Waals surface area contributed by atoms with E-state index in [9.17, 15) is 5.11 Å². The van der Waals surface area contributed by atoms with Gasteiger partial charge in [-0.3, -0.25) is 0 Å². The fourth-order valence-electron chi connectivity index (χ4n) is 3.26. The first-order valence-electron chi connectivity index (χ1n) is 9.77. The van der Waals surface area contributed by atoms with Gasteiger partial charge in [-0.25, -0.2) is 0 Å². The molecule has 0 spiro atoms. The number of thiol groups is 3. The van der Waals surface area contributed by atoms with Gasteiger partial charge in [0.1, 0.15) is 11.4 Å². The number of nitrogens with zero attached hydrogens (tertiary/aromatic N) is 2. The van der Waals surface area contributed by atoms with Gasteiger partial charge < -0.3 is 15.2 Å². The Morgan fingerprint density at radius 3 is 2.39 bits per heavy atom. The number of rotatable bonds is 6. The molecule has 0 radical (unpaired) electrons. The fraction of sp³-hybridized carbons (Fsp3) is 0.120. The van der Waals surface area contributed by atoms with Crippen molar-refractivity contribution in [2.45, 2.75) is 29.0 Å². The van der Waals surface area contributed by atoms with E-state index in [1.165, 1.54) is 0 Å². The monoisotopic (exact) mass is 495 g/mol. The Morgan fingerprint density at radius 1 is 0.909 bits per heavy atom. The SMILES string of the molecule is C.Cc1ccc(N=Nc2c(S)cc3cc(S)cc(NCOc4ccccc4)c3c2O)c(S)c1. The maximum atomic E-state index is 11.1. The van der Waals surface area contributed by atoms with Gasteiger partial charge in [0, 0.05) is 25.8 Å². The number of benzene rings is 4. The van der Waals surface area contributed by atoms with Crippen molar-refractivity contribution < 1.29 is 9.84 Å². The van der Waals surface area contributed by atoms with E-state index in [0.717, 1.165) is 21.6 Å². The largest absolute Gasteiger partial charge is 0.505 e. The molecule has 170 valence electrons. The summed E-state index contributed by atoms with van der Waals surface area (Å²) in [5, 5.41) is 24.2. The molecule has 0 aliphatic carbocycles. The zero-order valence-corrected chi connectivity index (χ0v) is 19.8. The first-order valence-corrected chi connectivity index (χ1v) is 11.1. The van der Waals surface area contributed by atoms with Gasteiger partial charge in [-0.1, -0.05) is 31.7 Å². The number of hydrogen-bond donors (Lipinski definition) is 5.